The molecular formula is C22H26N4O3. The van der Waals surface area contributed by atoms with Crippen molar-refractivity contribution < 1.29 is 4.79 Å². The Hall–Kier alpha value is -3.22. The number of amides is 1. The maximum Gasteiger partial charge on any atom is 0.337 e. The summed E-state index contributed by atoms with van der Waals surface area (Å²) in [4.78, 5) is 45.2. The Morgan fingerprint density at radius 2 is 1.83 bits per heavy atom. The van der Waals surface area contributed by atoms with Gasteiger partial charge in [0.2, 0.25) is 5.91 Å². The Bertz CT molecular complexity index is 1160. The molecule has 0 radical (unpaired) electrons. The minimum atomic E-state index is -0.566. The standard InChI is InChI=1S/C22H26N4O3/c1-5-6-12-24(4)18(27)14-25-21(28)19-15(2)13-16(3)23-20(19)26(22(25)29)17-10-8-7-9-11-17/h7-11,13H,5-6,12,14H2,1-4H3. The Morgan fingerprint density at radius 1 is 1.14 bits per heavy atom. The van der Waals surface area contributed by atoms with Gasteiger partial charge in [-0.3, -0.25) is 9.59 Å². The third-order valence-corrected chi connectivity index (χ3v) is 5.00. The molecule has 152 valence electrons. The van der Waals surface area contributed by atoms with Crippen molar-refractivity contribution in [1.29, 1.82) is 0 Å². The second-order valence-electron chi connectivity index (χ2n) is 7.29. The number of aryl methyl sites for hydroxylation is 2. The summed E-state index contributed by atoms with van der Waals surface area (Å²) < 4.78 is 2.43. The van der Waals surface area contributed by atoms with Crippen LogP contribution >= 0.6 is 0 Å². The van der Waals surface area contributed by atoms with Gasteiger partial charge in [-0.2, -0.15) is 0 Å². The van der Waals surface area contributed by atoms with Crippen LogP contribution in [0.4, 0.5) is 0 Å². The largest absolute Gasteiger partial charge is 0.344 e. The first-order chi connectivity index (χ1) is 13.8. The molecular weight excluding hydrogens is 368 g/mol. The lowest BCUT2D eigenvalue weighted by Gasteiger charge is -2.19. The van der Waals surface area contributed by atoms with Gasteiger partial charge >= 0.3 is 5.69 Å². The van der Waals surface area contributed by atoms with Crippen LogP contribution in [0.15, 0.2) is 46.0 Å². The molecule has 3 aromatic rings. The van der Waals surface area contributed by atoms with Crippen molar-refractivity contribution in [3.63, 3.8) is 0 Å². The lowest BCUT2D eigenvalue weighted by atomic mass is 10.1. The van der Waals surface area contributed by atoms with Crippen molar-refractivity contribution in [3.8, 4) is 5.69 Å². The summed E-state index contributed by atoms with van der Waals surface area (Å²) in [5.74, 6) is -0.269. The van der Waals surface area contributed by atoms with Crippen molar-refractivity contribution in [3.05, 3.63) is 68.5 Å². The third kappa shape index (κ3) is 3.99. The van der Waals surface area contributed by atoms with Crippen molar-refractivity contribution in [2.75, 3.05) is 13.6 Å². The number of hydrogen-bond acceptors (Lipinski definition) is 4. The maximum atomic E-state index is 13.3. The van der Waals surface area contributed by atoms with E-state index in [1.54, 1.807) is 24.1 Å². The molecule has 2 heterocycles. The zero-order chi connectivity index (χ0) is 21.1. The topological polar surface area (TPSA) is 77.2 Å². The molecule has 0 N–H and O–H groups in total. The van der Waals surface area contributed by atoms with Crippen LogP contribution in [0.25, 0.3) is 16.7 Å². The average molecular weight is 394 g/mol. The zero-order valence-electron chi connectivity index (χ0n) is 17.3. The predicted octanol–water partition coefficient (Wildman–Crippen LogP) is 2.42. The number of likely N-dealkylation sites (N-methyl/N-ethyl adjacent to an activating group) is 1. The number of carbonyl (C=O) groups excluding carboxylic acids is 1. The third-order valence-electron chi connectivity index (χ3n) is 5.00. The monoisotopic (exact) mass is 394 g/mol. The number of hydrogen-bond donors (Lipinski definition) is 0. The number of fused-ring (bicyclic) bond motifs is 1. The number of rotatable bonds is 6. The zero-order valence-corrected chi connectivity index (χ0v) is 17.3. The lowest BCUT2D eigenvalue weighted by Crippen LogP contribution is -2.44. The summed E-state index contributed by atoms with van der Waals surface area (Å²) in [5, 5.41) is 0.350. The van der Waals surface area contributed by atoms with Gasteiger partial charge in [-0.1, -0.05) is 31.5 Å². The summed E-state index contributed by atoms with van der Waals surface area (Å²) in [7, 11) is 1.69. The van der Waals surface area contributed by atoms with Crippen LogP contribution in [0.3, 0.4) is 0 Å². The van der Waals surface area contributed by atoms with E-state index in [1.165, 1.54) is 4.57 Å². The van der Waals surface area contributed by atoms with Gasteiger partial charge in [0.25, 0.3) is 5.56 Å². The maximum absolute atomic E-state index is 13.3. The molecule has 0 saturated heterocycles. The minimum Gasteiger partial charge on any atom is -0.344 e. The van der Waals surface area contributed by atoms with Gasteiger partial charge < -0.3 is 4.90 Å². The molecule has 0 aliphatic carbocycles. The Labute approximate surface area is 169 Å². The summed E-state index contributed by atoms with van der Waals surface area (Å²) in [6.07, 6.45) is 1.82. The molecule has 2 aromatic heterocycles. The summed E-state index contributed by atoms with van der Waals surface area (Å²) in [5.41, 5.74) is 1.30. The SMILES string of the molecule is CCCCN(C)C(=O)Cn1c(=O)c2c(C)cc(C)nc2n(-c2ccccc2)c1=O. The first-order valence-electron chi connectivity index (χ1n) is 9.78. The molecule has 0 fully saturated rings. The van der Waals surface area contributed by atoms with Crippen LogP contribution in [0.5, 0.6) is 0 Å². The van der Waals surface area contributed by atoms with Crippen LogP contribution < -0.4 is 11.2 Å². The Balaban J connectivity index is 2.26. The van der Waals surface area contributed by atoms with Crippen LogP contribution in [0.1, 0.15) is 31.0 Å². The summed E-state index contributed by atoms with van der Waals surface area (Å²) in [6, 6.07) is 10.9. The van der Waals surface area contributed by atoms with Crippen molar-refractivity contribution in [2.24, 2.45) is 0 Å². The van der Waals surface area contributed by atoms with E-state index in [2.05, 4.69) is 4.98 Å². The number of nitrogens with zero attached hydrogens (tertiary/aromatic N) is 4. The Morgan fingerprint density at radius 3 is 2.48 bits per heavy atom. The quantitative estimate of drug-likeness (QED) is 0.643. The molecule has 0 saturated carbocycles. The second-order valence-corrected chi connectivity index (χ2v) is 7.29. The lowest BCUT2D eigenvalue weighted by molar-refractivity contribution is -0.130. The van der Waals surface area contributed by atoms with Gasteiger partial charge in [-0.05, 0) is 44.0 Å². The highest BCUT2D eigenvalue weighted by atomic mass is 16.2. The van der Waals surface area contributed by atoms with E-state index in [9.17, 15) is 14.4 Å². The van der Waals surface area contributed by atoms with E-state index in [0.29, 0.717) is 29.0 Å². The fourth-order valence-electron chi connectivity index (χ4n) is 3.40. The molecule has 3 rings (SSSR count). The summed E-state index contributed by atoms with van der Waals surface area (Å²) >= 11 is 0. The van der Waals surface area contributed by atoms with Crippen molar-refractivity contribution in [1.82, 2.24) is 19.0 Å². The second kappa shape index (κ2) is 8.43. The number of aromatic nitrogens is 3. The van der Waals surface area contributed by atoms with Gasteiger partial charge in [-0.25, -0.2) is 18.9 Å². The number of carbonyl (C=O) groups is 1. The Kier molecular flexibility index (Phi) is 5.96. The molecule has 0 aliphatic rings. The van der Waals surface area contributed by atoms with Crippen molar-refractivity contribution in [2.45, 2.75) is 40.2 Å². The van der Waals surface area contributed by atoms with Gasteiger partial charge in [0, 0.05) is 19.3 Å². The van der Waals surface area contributed by atoms with Crippen LogP contribution in [-0.4, -0.2) is 38.5 Å². The van der Waals surface area contributed by atoms with Gasteiger partial charge in [0.1, 0.15) is 6.54 Å². The first kappa shape index (κ1) is 20.5. The number of benzene rings is 1. The fraction of sp³-hybridized carbons (Fsp3) is 0.364. The molecule has 0 unspecified atom stereocenters. The molecule has 7 heteroatoms. The molecule has 0 spiro atoms. The average Bonchev–Trinajstić information content (AvgIpc) is 2.69. The molecule has 29 heavy (non-hydrogen) atoms. The molecule has 7 nitrogen and oxygen atoms in total. The van der Waals surface area contributed by atoms with E-state index in [4.69, 9.17) is 0 Å². The normalized spacial score (nSPS) is 11.0. The number of unbranched alkanes of at least 4 members (excludes halogenated alkanes) is 1. The molecule has 0 atom stereocenters. The van der Waals surface area contributed by atoms with Crippen molar-refractivity contribution >= 4 is 16.9 Å². The molecule has 0 aliphatic heterocycles. The van der Waals surface area contributed by atoms with Crippen LogP contribution in [0, 0.1) is 13.8 Å². The minimum absolute atomic E-state index is 0.269. The van der Waals surface area contributed by atoms with E-state index in [1.807, 2.05) is 45.0 Å². The highest BCUT2D eigenvalue weighted by Crippen LogP contribution is 2.16. The van der Waals surface area contributed by atoms with E-state index < -0.39 is 11.2 Å². The number of para-hydroxylation sites is 1. The van der Waals surface area contributed by atoms with Crippen LogP contribution in [0.2, 0.25) is 0 Å². The number of pyridine rings is 1. The highest BCUT2D eigenvalue weighted by Gasteiger charge is 2.20. The van der Waals surface area contributed by atoms with Gasteiger partial charge in [0.15, 0.2) is 5.65 Å². The van der Waals surface area contributed by atoms with Crippen LogP contribution in [-0.2, 0) is 11.3 Å². The molecule has 0 bridgehead atoms. The van der Waals surface area contributed by atoms with Gasteiger partial charge in [-0.15, -0.1) is 0 Å². The molecule has 1 amide bonds. The predicted molar refractivity (Wildman–Crippen MR) is 114 cm³/mol. The van der Waals surface area contributed by atoms with Gasteiger partial charge in [0.05, 0.1) is 11.1 Å². The highest BCUT2D eigenvalue weighted by molar-refractivity contribution is 5.81. The smallest absolute Gasteiger partial charge is 0.337 e. The van der Waals surface area contributed by atoms with E-state index >= 15 is 0 Å². The first-order valence-corrected chi connectivity index (χ1v) is 9.78. The molecule has 1 aromatic carbocycles. The van der Waals surface area contributed by atoms with E-state index in [-0.39, 0.29) is 12.5 Å². The van der Waals surface area contributed by atoms with E-state index in [0.717, 1.165) is 23.0 Å². The summed E-state index contributed by atoms with van der Waals surface area (Å²) in [6.45, 7) is 5.97. The fourth-order valence-corrected chi connectivity index (χ4v) is 3.40.